The minimum absolute atomic E-state index is 0.0349. The zero-order valence-electron chi connectivity index (χ0n) is 8.81. The van der Waals surface area contributed by atoms with E-state index in [1.54, 1.807) is 0 Å². The number of carbonyl (C=O) groups is 1. The van der Waals surface area contributed by atoms with Gasteiger partial charge in [0.2, 0.25) is 0 Å². The first-order valence-corrected chi connectivity index (χ1v) is 5.25. The smallest absolute Gasteiger partial charge is 0.308 e. The van der Waals surface area contributed by atoms with E-state index >= 15 is 0 Å². The second-order valence-corrected chi connectivity index (χ2v) is 3.79. The van der Waals surface area contributed by atoms with Crippen LogP contribution < -0.4 is 0 Å². The van der Waals surface area contributed by atoms with Gasteiger partial charge in [-0.2, -0.15) is 0 Å². The summed E-state index contributed by atoms with van der Waals surface area (Å²) in [5.74, 6) is -0.267. The second kappa shape index (κ2) is 4.92. The summed E-state index contributed by atoms with van der Waals surface area (Å²) < 4.78 is 21.0. The Morgan fingerprint density at radius 1 is 1.47 bits per heavy atom. The first-order chi connectivity index (χ1) is 7.29. The van der Waals surface area contributed by atoms with Crippen molar-refractivity contribution in [1.82, 2.24) is 0 Å². The Hall–Kier alpha value is -0.650. The maximum Gasteiger partial charge on any atom is 0.308 e. The summed E-state index contributed by atoms with van der Waals surface area (Å²) in [6.07, 6.45) is 1.81. The number of ether oxygens (including phenoxy) is 4. The van der Waals surface area contributed by atoms with Crippen molar-refractivity contribution in [2.24, 2.45) is 0 Å². The highest BCUT2D eigenvalue weighted by Crippen LogP contribution is 2.25. The molecule has 0 aromatic heterocycles. The van der Waals surface area contributed by atoms with E-state index in [4.69, 9.17) is 14.2 Å². The Morgan fingerprint density at radius 2 is 2.33 bits per heavy atom. The third kappa shape index (κ3) is 2.68. The summed E-state index contributed by atoms with van der Waals surface area (Å²) in [5.41, 5.74) is 0. The van der Waals surface area contributed by atoms with Gasteiger partial charge in [-0.15, -0.1) is 0 Å². The van der Waals surface area contributed by atoms with E-state index in [1.165, 1.54) is 7.11 Å². The predicted octanol–water partition coefficient (Wildman–Crippen LogP) is 0.470. The maximum absolute atomic E-state index is 11.0. The van der Waals surface area contributed by atoms with Crippen LogP contribution in [0.5, 0.6) is 0 Å². The minimum atomic E-state index is -0.304. The summed E-state index contributed by atoms with van der Waals surface area (Å²) in [6.45, 7) is 1.22. The number of hydrogen-bond donors (Lipinski definition) is 0. The zero-order chi connectivity index (χ0) is 10.7. The van der Waals surface area contributed by atoms with Gasteiger partial charge in [0.05, 0.1) is 26.2 Å². The molecule has 2 aliphatic rings. The molecule has 0 saturated carbocycles. The molecule has 0 amide bonds. The van der Waals surface area contributed by atoms with Crippen LogP contribution in [-0.2, 0) is 23.7 Å². The van der Waals surface area contributed by atoms with E-state index in [-0.39, 0.29) is 30.9 Å². The fourth-order valence-electron chi connectivity index (χ4n) is 1.86. The van der Waals surface area contributed by atoms with Crippen LogP contribution in [0.1, 0.15) is 19.3 Å². The van der Waals surface area contributed by atoms with Gasteiger partial charge in [-0.1, -0.05) is 0 Å². The topological polar surface area (TPSA) is 54.0 Å². The molecule has 0 aliphatic carbocycles. The molecule has 2 rings (SSSR count). The van der Waals surface area contributed by atoms with Crippen molar-refractivity contribution in [3.8, 4) is 0 Å². The lowest BCUT2D eigenvalue weighted by Gasteiger charge is -2.16. The lowest BCUT2D eigenvalue weighted by atomic mass is 10.2. The fraction of sp³-hybridized carbons (Fsp3) is 0.900. The molecule has 15 heavy (non-hydrogen) atoms. The molecule has 0 bridgehead atoms. The minimum Gasteiger partial charge on any atom is -0.469 e. The average Bonchev–Trinajstić information content (AvgIpc) is 2.85. The Kier molecular flexibility index (Phi) is 3.56. The third-order valence-electron chi connectivity index (χ3n) is 2.66. The van der Waals surface area contributed by atoms with Crippen molar-refractivity contribution in [2.45, 2.75) is 37.8 Å². The average molecular weight is 216 g/mol. The van der Waals surface area contributed by atoms with Gasteiger partial charge in [-0.05, 0) is 12.8 Å². The normalized spacial score (nSPS) is 35.7. The highest BCUT2D eigenvalue weighted by Gasteiger charge is 2.35. The fourth-order valence-corrected chi connectivity index (χ4v) is 1.86. The molecule has 3 unspecified atom stereocenters. The molecule has 2 fully saturated rings. The Labute approximate surface area is 88.6 Å². The standard InChI is InChI=1S/C10H16O5/c1-12-9(11)5-7-6-14-10(15-7)8-3-2-4-13-8/h7-8,10H,2-6H2,1H3. The van der Waals surface area contributed by atoms with Crippen molar-refractivity contribution < 1.29 is 23.7 Å². The highest BCUT2D eigenvalue weighted by atomic mass is 16.7. The Bertz CT molecular complexity index is 224. The van der Waals surface area contributed by atoms with Crippen LogP contribution in [0.3, 0.4) is 0 Å². The van der Waals surface area contributed by atoms with Crippen molar-refractivity contribution >= 4 is 5.97 Å². The number of methoxy groups -OCH3 is 1. The van der Waals surface area contributed by atoms with E-state index in [0.717, 1.165) is 19.4 Å². The van der Waals surface area contributed by atoms with Gasteiger partial charge >= 0.3 is 5.97 Å². The summed E-state index contributed by atoms with van der Waals surface area (Å²) in [7, 11) is 1.37. The summed E-state index contributed by atoms with van der Waals surface area (Å²) in [6, 6.07) is 0. The SMILES string of the molecule is COC(=O)CC1COC(C2CCCO2)O1. The number of rotatable bonds is 3. The van der Waals surface area contributed by atoms with Crippen LogP contribution in [0.25, 0.3) is 0 Å². The molecule has 2 saturated heterocycles. The van der Waals surface area contributed by atoms with Gasteiger partial charge in [-0.3, -0.25) is 4.79 Å². The Balaban J connectivity index is 1.76. The first-order valence-electron chi connectivity index (χ1n) is 5.25. The van der Waals surface area contributed by atoms with Gasteiger partial charge in [0, 0.05) is 6.61 Å². The van der Waals surface area contributed by atoms with Crippen LogP contribution in [0.4, 0.5) is 0 Å². The summed E-state index contributed by atoms with van der Waals surface area (Å²) >= 11 is 0. The second-order valence-electron chi connectivity index (χ2n) is 3.79. The molecule has 0 aromatic carbocycles. The lowest BCUT2D eigenvalue weighted by Crippen LogP contribution is -2.27. The predicted molar refractivity (Wildman–Crippen MR) is 50.2 cm³/mol. The number of carbonyl (C=O) groups excluding carboxylic acids is 1. The molecular weight excluding hydrogens is 200 g/mol. The maximum atomic E-state index is 11.0. The molecular formula is C10H16O5. The molecule has 0 N–H and O–H groups in total. The number of hydrogen-bond acceptors (Lipinski definition) is 5. The molecule has 86 valence electrons. The largest absolute Gasteiger partial charge is 0.469 e. The van der Waals surface area contributed by atoms with E-state index in [1.807, 2.05) is 0 Å². The first kappa shape index (κ1) is 10.9. The molecule has 5 nitrogen and oxygen atoms in total. The van der Waals surface area contributed by atoms with Crippen molar-refractivity contribution in [3.63, 3.8) is 0 Å². The monoisotopic (exact) mass is 216 g/mol. The van der Waals surface area contributed by atoms with Gasteiger partial charge in [-0.25, -0.2) is 0 Å². The van der Waals surface area contributed by atoms with E-state index in [9.17, 15) is 4.79 Å². The quantitative estimate of drug-likeness (QED) is 0.642. The van der Waals surface area contributed by atoms with Crippen molar-refractivity contribution in [1.29, 1.82) is 0 Å². The van der Waals surface area contributed by atoms with Crippen molar-refractivity contribution in [2.75, 3.05) is 20.3 Å². The van der Waals surface area contributed by atoms with Crippen molar-refractivity contribution in [3.05, 3.63) is 0 Å². The molecule has 0 radical (unpaired) electrons. The van der Waals surface area contributed by atoms with Crippen LogP contribution >= 0.6 is 0 Å². The van der Waals surface area contributed by atoms with Crippen LogP contribution in [0.15, 0.2) is 0 Å². The van der Waals surface area contributed by atoms with Crippen LogP contribution in [0, 0.1) is 0 Å². The lowest BCUT2D eigenvalue weighted by molar-refractivity contribution is -0.149. The van der Waals surface area contributed by atoms with E-state index in [2.05, 4.69) is 4.74 Å². The highest BCUT2D eigenvalue weighted by molar-refractivity contribution is 5.69. The number of esters is 1. The summed E-state index contributed by atoms with van der Waals surface area (Å²) in [4.78, 5) is 11.0. The molecule has 0 spiro atoms. The molecule has 0 aromatic rings. The van der Waals surface area contributed by atoms with E-state index in [0.29, 0.717) is 6.61 Å². The van der Waals surface area contributed by atoms with Crippen LogP contribution in [0.2, 0.25) is 0 Å². The zero-order valence-corrected chi connectivity index (χ0v) is 8.81. The van der Waals surface area contributed by atoms with E-state index < -0.39 is 0 Å². The molecule has 5 heteroatoms. The van der Waals surface area contributed by atoms with Crippen LogP contribution in [-0.4, -0.2) is 44.8 Å². The molecule has 2 heterocycles. The molecule has 2 aliphatic heterocycles. The van der Waals surface area contributed by atoms with Gasteiger partial charge < -0.3 is 18.9 Å². The summed E-state index contributed by atoms with van der Waals surface area (Å²) in [5, 5.41) is 0. The third-order valence-corrected chi connectivity index (χ3v) is 2.66. The van der Waals surface area contributed by atoms with Gasteiger partial charge in [0.1, 0.15) is 6.10 Å². The van der Waals surface area contributed by atoms with Gasteiger partial charge in [0.25, 0.3) is 0 Å². The Morgan fingerprint density at radius 3 is 3.00 bits per heavy atom. The molecule has 3 atom stereocenters. The van der Waals surface area contributed by atoms with Gasteiger partial charge in [0.15, 0.2) is 6.29 Å².